The van der Waals surface area contributed by atoms with Gasteiger partial charge >= 0.3 is 12.2 Å². The van der Waals surface area contributed by atoms with E-state index in [1.165, 1.54) is 7.11 Å². The number of carbonyl (C=O) groups excluding carboxylic acids is 2. The van der Waals surface area contributed by atoms with Gasteiger partial charge in [-0.3, -0.25) is 0 Å². The third-order valence-corrected chi connectivity index (χ3v) is 3.68. The molecule has 1 heterocycles. The number of alkyl carbamates (subject to hydrolysis) is 2. The average Bonchev–Trinajstić information content (AvgIpc) is 2.92. The highest BCUT2D eigenvalue weighted by atomic mass is 16.5. The van der Waals surface area contributed by atoms with Crippen LogP contribution in [0.2, 0.25) is 0 Å². The summed E-state index contributed by atoms with van der Waals surface area (Å²) >= 11 is 0. The van der Waals surface area contributed by atoms with Crippen LogP contribution in [-0.2, 0) is 9.47 Å². The molecular formula is C15H27N3O4. The number of hydrogen-bond acceptors (Lipinski definition) is 5. The SMILES string of the molecule is C=C([C@@H](NC(=O)OC)C(C)C)N1CC[C@H](NC(=O)OCC)C1. The van der Waals surface area contributed by atoms with Crippen molar-refractivity contribution in [1.29, 1.82) is 0 Å². The van der Waals surface area contributed by atoms with Crippen molar-refractivity contribution in [2.45, 2.75) is 39.3 Å². The second kappa shape index (κ2) is 8.51. The van der Waals surface area contributed by atoms with Gasteiger partial charge in [-0.25, -0.2) is 9.59 Å². The lowest BCUT2D eigenvalue weighted by molar-refractivity contribution is 0.148. The molecule has 7 heteroatoms. The Morgan fingerprint density at radius 3 is 2.59 bits per heavy atom. The molecule has 0 unspecified atom stereocenters. The molecule has 2 N–H and O–H groups in total. The highest BCUT2D eigenvalue weighted by Crippen LogP contribution is 2.21. The van der Waals surface area contributed by atoms with Gasteiger partial charge in [0.05, 0.1) is 25.8 Å². The van der Waals surface area contributed by atoms with Crippen molar-refractivity contribution in [2.24, 2.45) is 5.92 Å². The molecule has 22 heavy (non-hydrogen) atoms. The van der Waals surface area contributed by atoms with Gasteiger partial charge in [0.25, 0.3) is 0 Å². The quantitative estimate of drug-likeness (QED) is 0.780. The lowest BCUT2D eigenvalue weighted by Crippen LogP contribution is -2.45. The third-order valence-electron chi connectivity index (χ3n) is 3.68. The van der Waals surface area contributed by atoms with Crippen molar-refractivity contribution in [2.75, 3.05) is 26.8 Å². The zero-order valence-corrected chi connectivity index (χ0v) is 13.8. The fourth-order valence-corrected chi connectivity index (χ4v) is 2.50. The summed E-state index contributed by atoms with van der Waals surface area (Å²) in [5.41, 5.74) is 0.827. The number of rotatable bonds is 6. The van der Waals surface area contributed by atoms with E-state index in [1.807, 2.05) is 13.8 Å². The van der Waals surface area contributed by atoms with E-state index in [9.17, 15) is 9.59 Å². The first kappa shape index (κ1) is 18.1. The monoisotopic (exact) mass is 313 g/mol. The maximum atomic E-state index is 11.5. The Bertz CT molecular complexity index is 412. The summed E-state index contributed by atoms with van der Waals surface area (Å²) in [6.45, 7) is 11.7. The van der Waals surface area contributed by atoms with Crippen LogP contribution >= 0.6 is 0 Å². The number of likely N-dealkylation sites (tertiary alicyclic amines) is 1. The topological polar surface area (TPSA) is 79.9 Å². The molecule has 0 aliphatic carbocycles. The fraction of sp³-hybridized carbons (Fsp3) is 0.733. The predicted octanol–water partition coefficient (Wildman–Crippen LogP) is 1.70. The first-order chi connectivity index (χ1) is 10.4. The largest absolute Gasteiger partial charge is 0.453 e. The average molecular weight is 313 g/mol. The molecule has 0 aromatic rings. The smallest absolute Gasteiger partial charge is 0.407 e. The first-order valence-corrected chi connectivity index (χ1v) is 7.60. The van der Waals surface area contributed by atoms with E-state index < -0.39 is 12.2 Å². The van der Waals surface area contributed by atoms with Crippen LogP contribution < -0.4 is 10.6 Å². The van der Waals surface area contributed by atoms with Crippen molar-refractivity contribution in [3.05, 3.63) is 12.3 Å². The van der Waals surface area contributed by atoms with Crippen molar-refractivity contribution in [3.63, 3.8) is 0 Å². The van der Waals surface area contributed by atoms with E-state index in [4.69, 9.17) is 4.74 Å². The molecule has 1 aliphatic rings. The Labute approximate surface area is 132 Å². The van der Waals surface area contributed by atoms with Crippen LogP contribution in [0.5, 0.6) is 0 Å². The number of amides is 2. The zero-order valence-electron chi connectivity index (χ0n) is 13.8. The molecule has 0 saturated carbocycles. The molecule has 0 aromatic heterocycles. The van der Waals surface area contributed by atoms with Gasteiger partial charge < -0.3 is 25.0 Å². The minimum Gasteiger partial charge on any atom is -0.453 e. The van der Waals surface area contributed by atoms with Crippen molar-refractivity contribution in [1.82, 2.24) is 15.5 Å². The maximum Gasteiger partial charge on any atom is 0.407 e. The molecule has 2 amide bonds. The molecule has 1 fully saturated rings. The Hall–Kier alpha value is -1.92. The van der Waals surface area contributed by atoms with Gasteiger partial charge in [0.2, 0.25) is 0 Å². The molecule has 0 spiro atoms. The molecule has 1 rings (SSSR count). The van der Waals surface area contributed by atoms with Crippen molar-refractivity contribution in [3.8, 4) is 0 Å². The van der Waals surface area contributed by atoms with Gasteiger partial charge in [0.15, 0.2) is 0 Å². The predicted molar refractivity (Wildman–Crippen MR) is 83.4 cm³/mol. The number of nitrogens with zero attached hydrogens (tertiary/aromatic N) is 1. The Kier molecular flexibility index (Phi) is 7.01. The van der Waals surface area contributed by atoms with E-state index in [0.29, 0.717) is 13.2 Å². The lowest BCUT2D eigenvalue weighted by Gasteiger charge is -2.31. The zero-order chi connectivity index (χ0) is 16.7. The minimum atomic E-state index is -0.472. The van der Waals surface area contributed by atoms with Crippen LogP contribution in [0.4, 0.5) is 9.59 Å². The van der Waals surface area contributed by atoms with Crippen LogP contribution in [0.1, 0.15) is 27.2 Å². The van der Waals surface area contributed by atoms with Crippen molar-refractivity contribution >= 4 is 12.2 Å². The molecular weight excluding hydrogens is 286 g/mol. The molecule has 7 nitrogen and oxygen atoms in total. The van der Waals surface area contributed by atoms with Crippen LogP contribution in [0.25, 0.3) is 0 Å². The standard InChI is InChI=1S/C15H27N3O4/c1-6-22-15(20)16-12-7-8-18(9-12)11(4)13(10(2)3)17-14(19)21-5/h10,12-13H,4,6-9H2,1-3,5H3,(H,16,20)(H,17,19)/t12-,13-/m0/s1. The number of ether oxygens (including phenoxy) is 2. The lowest BCUT2D eigenvalue weighted by atomic mass is 10.0. The van der Waals surface area contributed by atoms with Crippen LogP contribution in [0.15, 0.2) is 12.3 Å². The number of hydrogen-bond donors (Lipinski definition) is 2. The van der Waals surface area contributed by atoms with Gasteiger partial charge in [-0.1, -0.05) is 20.4 Å². The molecule has 2 atom stereocenters. The van der Waals surface area contributed by atoms with E-state index in [2.05, 4.69) is 26.8 Å². The van der Waals surface area contributed by atoms with Crippen molar-refractivity contribution < 1.29 is 19.1 Å². The fourth-order valence-electron chi connectivity index (χ4n) is 2.50. The summed E-state index contributed by atoms with van der Waals surface area (Å²) in [7, 11) is 1.34. The number of methoxy groups -OCH3 is 1. The second-order valence-corrected chi connectivity index (χ2v) is 5.65. The minimum absolute atomic E-state index is 0.0294. The van der Waals surface area contributed by atoms with E-state index >= 15 is 0 Å². The first-order valence-electron chi connectivity index (χ1n) is 7.60. The van der Waals surface area contributed by atoms with Gasteiger partial charge in [-0.2, -0.15) is 0 Å². The number of nitrogens with one attached hydrogen (secondary N) is 2. The molecule has 126 valence electrons. The Morgan fingerprint density at radius 2 is 2.05 bits per heavy atom. The molecule has 1 saturated heterocycles. The van der Waals surface area contributed by atoms with Gasteiger partial charge in [-0.05, 0) is 19.3 Å². The maximum absolute atomic E-state index is 11.5. The normalized spacial score (nSPS) is 18.8. The third kappa shape index (κ3) is 5.13. The highest BCUT2D eigenvalue weighted by Gasteiger charge is 2.30. The van der Waals surface area contributed by atoms with E-state index in [0.717, 1.165) is 18.7 Å². The van der Waals surface area contributed by atoms with E-state index in [-0.39, 0.29) is 18.0 Å². The summed E-state index contributed by atoms with van der Waals surface area (Å²) in [5, 5.41) is 5.63. The second-order valence-electron chi connectivity index (χ2n) is 5.65. The summed E-state index contributed by atoms with van der Waals surface area (Å²) in [4.78, 5) is 25.0. The molecule has 1 aliphatic heterocycles. The van der Waals surface area contributed by atoms with Gasteiger partial charge in [0, 0.05) is 18.8 Å². The highest BCUT2D eigenvalue weighted by molar-refractivity contribution is 5.68. The summed E-state index contributed by atoms with van der Waals surface area (Å²) in [6, 6.07) is -0.171. The van der Waals surface area contributed by atoms with Crippen LogP contribution in [0, 0.1) is 5.92 Å². The molecule has 0 bridgehead atoms. The summed E-state index contributed by atoms with van der Waals surface area (Å²) in [6.07, 6.45) is -0.0470. The number of carbonyl (C=O) groups is 2. The molecule has 0 radical (unpaired) electrons. The summed E-state index contributed by atoms with van der Waals surface area (Å²) in [5.74, 6) is 0.184. The van der Waals surface area contributed by atoms with E-state index in [1.54, 1.807) is 6.92 Å². The Balaban J connectivity index is 2.57. The Morgan fingerprint density at radius 1 is 1.36 bits per heavy atom. The van der Waals surface area contributed by atoms with Gasteiger partial charge in [-0.15, -0.1) is 0 Å². The van der Waals surface area contributed by atoms with Gasteiger partial charge in [0.1, 0.15) is 0 Å². The van der Waals surface area contributed by atoms with Crippen LogP contribution in [0.3, 0.4) is 0 Å². The molecule has 0 aromatic carbocycles. The summed E-state index contributed by atoms with van der Waals surface area (Å²) < 4.78 is 9.55. The van der Waals surface area contributed by atoms with Crippen LogP contribution in [-0.4, -0.2) is 56.0 Å².